The Balaban J connectivity index is 1.59. The highest BCUT2D eigenvalue weighted by atomic mass is 16.5. The first-order valence-electron chi connectivity index (χ1n) is 11.1. The first-order chi connectivity index (χ1) is 15.5. The minimum atomic E-state index is -0.339. The minimum absolute atomic E-state index is 0.0279. The van der Waals surface area contributed by atoms with Crippen LogP contribution >= 0.6 is 0 Å². The highest BCUT2D eigenvalue weighted by Crippen LogP contribution is 2.39. The zero-order valence-corrected chi connectivity index (χ0v) is 18.8. The van der Waals surface area contributed by atoms with Gasteiger partial charge in [0.25, 0.3) is 0 Å². The number of nitrogens with zero attached hydrogens (tertiary/aromatic N) is 3. The number of hydrogen-bond acceptors (Lipinski definition) is 7. The Labute approximate surface area is 188 Å². The number of nitrogens with one attached hydrogen (secondary N) is 1. The molecule has 1 aromatic rings. The van der Waals surface area contributed by atoms with E-state index in [9.17, 15) is 14.7 Å². The van der Waals surface area contributed by atoms with Gasteiger partial charge in [0.2, 0.25) is 11.8 Å². The summed E-state index contributed by atoms with van der Waals surface area (Å²) in [4.78, 5) is 28.7. The number of aliphatic hydroxyl groups is 1. The Morgan fingerprint density at radius 3 is 2.62 bits per heavy atom. The van der Waals surface area contributed by atoms with Crippen LogP contribution in [0, 0.1) is 11.3 Å². The van der Waals surface area contributed by atoms with E-state index in [1.807, 2.05) is 12.1 Å². The number of amides is 2. The van der Waals surface area contributed by atoms with E-state index in [2.05, 4.69) is 11.4 Å². The fraction of sp³-hybridized carbons (Fsp3) is 0.609. The first kappa shape index (κ1) is 23.8. The quantitative estimate of drug-likeness (QED) is 0.546. The normalized spacial score (nSPS) is 19.9. The third-order valence-electron chi connectivity index (χ3n) is 6.24. The van der Waals surface area contributed by atoms with E-state index >= 15 is 0 Å². The number of nitriles is 1. The molecule has 174 valence electrons. The van der Waals surface area contributed by atoms with E-state index in [1.165, 1.54) is 0 Å². The second-order valence-corrected chi connectivity index (χ2v) is 8.07. The second-order valence-electron chi connectivity index (χ2n) is 8.07. The van der Waals surface area contributed by atoms with Gasteiger partial charge in [-0.1, -0.05) is 0 Å². The summed E-state index contributed by atoms with van der Waals surface area (Å²) < 4.78 is 10.8. The summed E-state index contributed by atoms with van der Waals surface area (Å²) in [7, 11) is 3.17. The molecule has 1 aromatic carbocycles. The highest BCUT2D eigenvalue weighted by molar-refractivity contribution is 5.80. The Kier molecular flexibility index (Phi) is 8.31. The van der Waals surface area contributed by atoms with Gasteiger partial charge in [0.05, 0.1) is 32.9 Å². The van der Waals surface area contributed by atoms with Crippen molar-refractivity contribution in [2.75, 3.05) is 47.0 Å². The zero-order chi connectivity index (χ0) is 23.1. The lowest BCUT2D eigenvalue weighted by Crippen LogP contribution is -2.43. The number of aliphatic hydroxyl groups excluding tert-OH is 1. The fourth-order valence-electron chi connectivity index (χ4n) is 4.60. The number of carbonyl (C=O) groups is 2. The molecule has 1 saturated heterocycles. The van der Waals surface area contributed by atoms with E-state index in [0.717, 1.165) is 24.0 Å². The lowest BCUT2D eigenvalue weighted by Gasteiger charge is -2.38. The number of methoxy groups -OCH3 is 2. The molecule has 2 N–H and O–H groups in total. The third-order valence-corrected chi connectivity index (χ3v) is 6.24. The molecule has 0 spiro atoms. The smallest absolute Gasteiger partial charge is 0.237 e. The van der Waals surface area contributed by atoms with Crippen LogP contribution in [-0.2, 0) is 16.0 Å². The van der Waals surface area contributed by atoms with Crippen molar-refractivity contribution in [3.63, 3.8) is 0 Å². The molecule has 0 bridgehead atoms. The van der Waals surface area contributed by atoms with Gasteiger partial charge >= 0.3 is 0 Å². The summed E-state index contributed by atoms with van der Waals surface area (Å²) in [5.74, 6) is 1.12. The van der Waals surface area contributed by atoms with Crippen molar-refractivity contribution < 1.29 is 24.2 Å². The number of benzene rings is 1. The number of hydrogen-bond donors (Lipinski definition) is 2. The Bertz CT molecular complexity index is 869. The average molecular weight is 445 g/mol. The molecule has 2 atom stereocenters. The maximum Gasteiger partial charge on any atom is 0.237 e. The lowest BCUT2D eigenvalue weighted by molar-refractivity contribution is -0.135. The third kappa shape index (κ3) is 5.14. The van der Waals surface area contributed by atoms with Gasteiger partial charge in [0.1, 0.15) is 6.04 Å². The van der Waals surface area contributed by atoms with Crippen LogP contribution in [0.2, 0.25) is 0 Å². The largest absolute Gasteiger partial charge is 0.493 e. The molecule has 0 aliphatic carbocycles. The van der Waals surface area contributed by atoms with Crippen LogP contribution in [0.1, 0.15) is 42.9 Å². The Morgan fingerprint density at radius 2 is 1.94 bits per heavy atom. The molecular formula is C23H32N4O5. The van der Waals surface area contributed by atoms with Crippen molar-refractivity contribution in [3.05, 3.63) is 23.3 Å². The molecule has 3 rings (SSSR count). The Hall–Kier alpha value is -2.83. The zero-order valence-electron chi connectivity index (χ0n) is 18.8. The summed E-state index contributed by atoms with van der Waals surface area (Å²) in [6.07, 6.45) is 2.95. The van der Waals surface area contributed by atoms with Crippen molar-refractivity contribution in [2.24, 2.45) is 0 Å². The van der Waals surface area contributed by atoms with E-state index in [0.29, 0.717) is 44.0 Å². The maximum absolute atomic E-state index is 13.0. The summed E-state index contributed by atoms with van der Waals surface area (Å²) in [6.45, 7) is 1.62. The SMILES string of the molecule is COc1cc2c(cc1OC)C(CCO)N(C(=O)CCNCC(=O)N1CCC[C@H]1C#N)CC2. The van der Waals surface area contributed by atoms with Crippen molar-refractivity contribution in [3.8, 4) is 17.6 Å². The number of ether oxygens (including phenoxy) is 2. The van der Waals surface area contributed by atoms with Crippen LogP contribution in [0.25, 0.3) is 0 Å². The van der Waals surface area contributed by atoms with Crippen LogP contribution in [-0.4, -0.2) is 79.8 Å². The molecule has 0 radical (unpaired) electrons. The minimum Gasteiger partial charge on any atom is -0.493 e. The topological polar surface area (TPSA) is 115 Å². The number of rotatable bonds is 9. The molecule has 32 heavy (non-hydrogen) atoms. The fourth-order valence-corrected chi connectivity index (χ4v) is 4.60. The van der Waals surface area contributed by atoms with Crippen molar-refractivity contribution >= 4 is 11.8 Å². The molecule has 1 unspecified atom stereocenters. The molecule has 2 amide bonds. The number of carbonyl (C=O) groups excluding carboxylic acids is 2. The maximum atomic E-state index is 13.0. The molecule has 2 aliphatic heterocycles. The monoisotopic (exact) mass is 444 g/mol. The number of likely N-dealkylation sites (tertiary alicyclic amines) is 1. The highest BCUT2D eigenvalue weighted by Gasteiger charge is 2.32. The summed E-state index contributed by atoms with van der Waals surface area (Å²) in [5, 5.41) is 21.8. The number of fused-ring (bicyclic) bond motifs is 1. The predicted octanol–water partition coefficient (Wildman–Crippen LogP) is 1.01. The van der Waals surface area contributed by atoms with Crippen molar-refractivity contribution in [2.45, 2.75) is 44.2 Å². The molecule has 0 aromatic heterocycles. The molecular weight excluding hydrogens is 412 g/mol. The van der Waals surface area contributed by atoms with E-state index in [-0.39, 0.29) is 43.5 Å². The summed E-state index contributed by atoms with van der Waals surface area (Å²) in [6, 6.07) is 5.43. The predicted molar refractivity (Wildman–Crippen MR) is 117 cm³/mol. The van der Waals surface area contributed by atoms with Gasteiger partial charge in [-0.05, 0) is 48.9 Å². The molecule has 2 heterocycles. The first-order valence-corrected chi connectivity index (χ1v) is 11.1. The van der Waals surface area contributed by atoms with Crippen LogP contribution in [0.5, 0.6) is 11.5 Å². The summed E-state index contributed by atoms with van der Waals surface area (Å²) in [5.41, 5.74) is 2.06. The van der Waals surface area contributed by atoms with E-state index in [1.54, 1.807) is 24.0 Å². The standard InChI is InChI=1S/C23H32N4O5/c1-31-20-12-16-6-10-27(19(7-11-28)18(16)13-21(20)32-2)22(29)5-8-25-15-23(30)26-9-3-4-17(26)14-24/h12-13,17,19,25,28H,3-11,15H2,1-2H3/t17-,19?/m0/s1. The lowest BCUT2D eigenvalue weighted by atomic mass is 9.90. The van der Waals surface area contributed by atoms with Crippen LogP contribution in [0.15, 0.2) is 12.1 Å². The van der Waals surface area contributed by atoms with Gasteiger partial charge in [-0.2, -0.15) is 5.26 Å². The van der Waals surface area contributed by atoms with Crippen LogP contribution in [0.3, 0.4) is 0 Å². The van der Waals surface area contributed by atoms with Crippen molar-refractivity contribution in [1.82, 2.24) is 15.1 Å². The van der Waals surface area contributed by atoms with Gasteiger partial charge in [0.15, 0.2) is 11.5 Å². The molecule has 0 saturated carbocycles. The van der Waals surface area contributed by atoms with Crippen molar-refractivity contribution in [1.29, 1.82) is 5.26 Å². The van der Waals surface area contributed by atoms with E-state index in [4.69, 9.17) is 14.7 Å². The average Bonchev–Trinajstić information content (AvgIpc) is 3.30. The van der Waals surface area contributed by atoms with Crippen LogP contribution in [0.4, 0.5) is 0 Å². The van der Waals surface area contributed by atoms with Crippen LogP contribution < -0.4 is 14.8 Å². The van der Waals surface area contributed by atoms with Gasteiger partial charge in [-0.25, -0.2) is 0 Å². The second kappa shape index (κ2) is 11.2. The molecule has 9 heteroatoms. The van der Waals surface area contributed by atoms with Gasteiger partial charge in [0, 0.05) is 32.7 Å². The summed E-state index contributed by atoms with van der Waals surface area (Å²) >= 11 is 0. The van der Waals surface area contributed by atoms with Gasteiger partial charge in [-0.15, -0.1) is 0 Å². The van der Waals surface area contributed by atoms with Gasteiger partial charge < -0.3 is 29.7 Å². The molecule has 1 fully saturated rings. The Morgan fingerprint density at radius 1 is 1.19 bits per heavy atom. The molecule has 2 aliphatic rings. The molecule has 9 nitrogen and oxygen atoms in total. The van der Waals surface area contributed by atoms with Gasteiger partial charge in [-0.3, -0.25) is 9.59 Å². The van der Waals surface area contributed by atoms with E-state index < -0.39 is 0 Å².